The average Bonchev–Trinajstić information content (AvgIpc) is 2.82. The molecule has 2 heterocycles. The lowest BCUT2D eigenvalue weighted by molar-refractivity contribution is 0.0770. The molecule has 0 aliphatic carbocycles. The molecule has 2 aromatic rings. The van der Waals surface area contributed by atoms with Crippen molar-refractivity contribution in [3.8, 4) is 5.75 Å². The normalized spacial score (nSPS) is 22.2. The highest BCUT2D eigenvalue weighted by atomic mass is 16.5. The molecule has 2 N–H and O–H groups in total. The molecule has 4 heteroatoms. The van der Waals surface area contributed by atoms with Crippen molar-refractivity contribution < 1.29 is 14.6 Å². The quantitative estimate of drug-likeness (QED) is 0.835. The highest BCUT2D eigenvalue weighted by molar-refractivity contribution is 5.70. The zero-order valence-electron chi connectivity index (χ0n) is 14.6. The smallest absolute Gasteiger partial charge is 0.209 e. The van der Waals surface area contributed by atoms with E-state index in [2.05, 4.69) is 49.5 Å². The number of hydrogen-bond donors (Lipinski definition) is 2. The number of ether oxygens (including phenoxy) is 2. The SMILES string of the molecule is CC1(C)c2ccccc2NC12C=Cc1ccc(COCCO)cc1O2. The number of para-hydroxylation sites is 1. The minimum atomic E-state index is -0.603. The fourth-order valence-corrected chi connectivity index (χ4v) is 3.66. The monoisotopic (exact) mass is 337 g/mol. The molecule has 2 aliphatic heterocycles. The van der Waals surface area contributed by atoms with Gasteiger partial charge >= 0.3 is 0 Å². The van der Waals surface area contributed by atoms with Gasteiger partial charge in [-0.3, -0.25) is 0 Å². The van der Waals surface area contributed by atoms with Crippen LogP contribution in [0.4, 0.5) is 5.69 Å². The Morgan fingerprint density at radius 3 is 2.80 bits per heavy atom. The molecule has 1 unspecified atom stereocenters. The van der Waals surface area contributed by atoms with Crippen LogP contribution in [0.5, 0.6) is 5.75 Å². The molecule has 4 nitrogen and oxygen atoms in total. The zero-order valence-corrected chi connectivity index (χ0v) is 14.6. The first-order valence-corrected chi connectivity index (χ1v) is 8.63. The maximum Gasteiger partial charge on any atom is 0.209 e. The minimum absolute atomic E-state index is 0.0314. The topological polar surface area (TPSA) is 50.7 Å². The summed E-state index contributed by atoms with van der Waals surface area (Å²) in [6, 6.07) is 14.5. The molecule has 4 rings (SSSR count). The Morgan fingerprint density at radius 2 is 2.00 bits per heavy atom. The maximum absolute atomic E-state index is 8.85. The van der Waals surface area contributed by atoms with Crippen LogP contribution in [0, 0.1) is 0 Å². The van der Waals surface area contributed by atoms with Gasteiger partial charge in [0.15, 0.2) is 0 Å². The molecular weight excluding hydrogens is 314 g/mol. The fourth-order valence-electron chi connectivity index (χ4n) is 3.66. The summed E-state index contributed by atoms with van der Waals surface area (Å²) < 4.78 is 12.0. The number of aliphatic hydroxyl groups excluding tert-OH is 1. The van der Waals surface area contributed by atoms with Gasteiger partial charge in [-0.05, 0) is 49.3 Å². The molecule has 0 fully saturated rings. The highest BCUT2D eigenvalue weighted by Crippen LogP contribution is 2.50. The molecule has 1 spiro atoms. The first-order valence-electron chi connectivity index (χ1n) is 8.63. The van der Waals surface area contributed by atoms with Gasteiger partial charge in [0.1, 0.15) is 5.75 Å². The average molecular weight is 337 g/mol. The summed E-state index contributed by atoms with van der Waals surface area (Å²) in [6.45, 7) is 5.24. The Labute approximate surface area is 148 Å². The van der Waals surface area contributed by atoms with Crippen LogP contribution >= 0.6 is 0 Å². The minimum Gasteiger partial charge on any atom is -0.463 e. The van der Waals surface area contributed by atoms with Gasteiger partial charge in [0.2, 0.25) is 5.72 Å². The second-order valence-electron chi connectivity index (χ2n) is 7.12. The molecular formula is C21H23NO3. The standard InChI is InChI=1S/C21H23NO3/c1-20(2)17-5-3-4-6-18(17)22-21(20)10-9-16-8-7-15(13-19(16)25-21)14-24-12-11-23/h3-10,13,22-23H,11-12,14H2,1-2H3. The van der Waals surface area contributed by atoms with Crippen LogP contribution in [0.3, 0.4) is 0 Å². The zero-order chi connectivity index (χ0) is 17.5. The number of anilines is 1. The summed E-state index contributed by atoms with van der Waals surface area (Å²) in [7, 11) is 0. The Kier molecular flexibility index (Phi) is 3.82. The lowest BCUT2D eigenvalue weighted by atomic mass is 9.76. The van der Waals surface area contributed by atoms with Gasteiger partial charge in [-0.2, -0.15) is 0 Å². The number of nitrogens with one attached hydrogen (secondary N) is 1. The van der Waals surface area contributed by atoms with Crippen molar-refractivity contribution in [2.45, 2.75) is 31.6 Å². The molecule has 2 aromatic carbocycles. The van der Waals surface area contributed by atoms with E-state index < -0.39 is 5.72 Å². The number of rotatable bonds is 4. The third kappa shape index (κ3) is 2.53. The van der Waals surface area contributed by atoms with Gasteiger partial charge in [0, 0.05) is 11.3 Å². The molecule has 130 valence electrons. The Hall–Kier alpha value is -2.30. The van der Waals surface area contributed by atoms with Crippen LogP contribution in [-0.4, -0.2) is 24.0 Å². The first kappa shape index (κ1) is 16.2. The van der Waals surface area contributed by atoms with Crippen molar-refractivity contribution >= 4 is 11.8 Å². The number of benzene rings is 2. The van der Waals surface area contributed by atoms with Gasteiger partial charge in [0.05, 0.1) is 25.2 Å². The van der Waals surface area contributed by atoms with Crippen molar-refractivity contribution in [3.63, 3.8) is 0 Å². The molecule has 1 atom stereocenters. The Morgan fingerprint density at radius 1 is 1.16 bits per heavy atom. The summed E-state index contributed by atoms with van der Waals surface area (Å²) >= 11 is 0. The fraction of sp³-hybridized carbons (Fsp3) is 0.333. The van der Waals surface area contributed by atoms with Crippen molar-refractivity contribution in [1.82, 2.24) is 0 Å². The summed E-state index contributed by atoms with van der Waals surface area (Å²) in [4.78, 5) is 0. The van der Waals surface area contributed by atoms with Crippen molar-refractivity contribution in [2.75, 3.05) is 18.5 Å². The largest absolute Gasteiger partial charge is 0.463 e. The van der Waals surface area contributed by atoms with Crippen LogP contribution in [0.15, 0.2) is 48.5 Å². The van der Waals surface area contributed by atoms with E-state index in [4.69, 9.17) is 14.6 Å². The molecule has 0 amide bonds. The lowest BCUT2D eigenvalue weighted by Gasteiger charge is -2.41. The van der Waals surface area contributed by atoms with Crippen molar-refractivity contribution in [3.05, 3.63) is 65.2 Å². The van der Waals surface area contributed by atoms with Gasteiger partial charge in [-0.15, -0.1) is 0 Å². The lowest BCUT2D eigenvalue weighted by Crippen LogP contribution is -2.53. The van der Waals surface area contributed by atoms with E-state index in [-0.39, 0.29) is 12.0 Å². The third-order valence-electron chi connectivity index (χ3n) is 5.20. The van der Waals surface area contributed by atoms with E-state index in [0.29, 0.717) is 13.2 Å². The Bertz CT molecular complexity index is 828. The van der Waals surface area contributed by atoms with Crippen molar-refractivity contribution in [1.29, 1.82) is 0 Å². The second-order valence-corrected chi connectivity index (χ2v) is 7.12. The van der Waals surface area contributed by atoms with Gasteiger partial charge in [-0.25, -0.2) is 0 Å². The highest BCUT2D eigenvalue weighted by Gasteiger charge is 2.53. The second kappa shape index (κ2) is 5.90. The van der Waals surface area contributed by atoms with E-state index in [1.165, 1.54) is 5.56 Å². The van der Waals surface area contributed by atoms with Crippen molar-refractivity contribution in [2.24, 2.45) is 0 Å². The van der Waals surface area contributed by atoms with Crippen LogP contribution in [0.2, 0.25) is 0 Å². The molecule has 0 aromatic heterocycles. The molecule has 0 saturated heterocycles. The number of aliphatic hydroxyl groups is 1. The number of fused-ring (bicyclic) bond motifs is 2. The summed E-state index contributed by atoms with van der Waals surface area (Å²) in [5.41, 5.74) is 3.65. The van der Waals surface area contributed by atoms with E-state index in [9.17, 15) is 0 Å². The summed E-state index contributed by atoms with van der Waals surface area (Å²) in [6.07, 6.45) is 4.25. The molecule has 2 aliphatic rings. The predicted molar refractivity (Wildman–Crippen MR) is 98.7 cm³/mol. The molecule has 0 bridgehead atoms. The van der Waals surface area contributed by atoms with E-state index in [1.54, 1.807) is 0 Å². The van der Waals surface area contributed by atoms with Gasteiger partial charge in [0.25, 0.3) is 0 Å². The van der Waals surface area contributed by atoms with E-state index in [1.807, 2.05) is 24.3 Å². The van der Waals surface area contributed by atoms with E-state index >= 15 is 0 Å². The van der Waals surface area contributed by atoms with Crippen LogP contribution in [0.1, 0.15) is 30.5 Å². The number of hydrogen-bond acceptors (Lipinski definition) is 4. The Balaban J connectivity index is 1.66. The van der Waals surface area contributed by atoms with E-state index in [0.717, 1.165) is 22.6 Å². The predicted octanol–water partition coefficient (Wildman–Crippen LogP) is 3.70. The molecule has 0 saturated carbocycles. The maximum atomic E-state index is 8.85. The van der Waals surface area contributed by atoms with Crippen LogP contribution in [0.25, 0.3) is 6.08 Å². The first-order chi connectivity index (χ1) is 12.1. The van der Waals surface area contributed by atoms with Crippen LogP contribution in [-0.2, 0) is 16.8 Å². The van der Waals surface area contributed by atoms with Gasteiger partial charge < -0.3 is 19.9 Å². The third-order valence-corrected chi connectivity index (χ3v) is 5.20. The van der Waals surface area contributed by atoms with Crippen LogP contribution < -0.4 is 10.1 Å². The summed E-state index contributed by atoms with van der Waals surface area (Å²) in [5, 5.41) is 12.4. The summed E-state index contributed by atoms with van der Waals surface area (Å²) in [5.74, 6) is 0.848. The molecule has 25 heavy (non-hydrogen) atoms. The molecule has 0 radical (unpaired) electrons. The van der Waals surface area contributed by atoms with Gasteiger partial charge in [-0.1, -0.05) is 30.3 Å².